The number of hydrogen-bond acceptors (Lipinski definition) is 1. The molecule has 1 aliphatic rings. The molecule has 0 saturated heterocycles. The summed E-state index contributed by atoms with van der Waals surface area (Å²) in [7, 11) is 0. The first-order valence-electron chi connectivity index (χ1n) is 5.37. The average Bonchev–Trinajstić information content (AvgIpc) is 2.14. The molecule has 1 heteroatoms. The fraction of sp³-hybridized carbons (Fsp3) is 0.538. The summed E-state index contributed by atoms with van der Waals surface area (Å²) in [6, 6.07) is 6.62. The Hall–Kier alpha value is -0.430. The molecule has 14 heavy (non-hydrogen) atoms. The van der Waals surface area contributed by atoms with E-state index in [1.807, 2.05) is 0 Å². The highest BCUT2D eigenvalue weighted by atomic mass is 32.1. The van der Waals surface area contributed by atoms with Crippen LogP contribution in [0.25, 0.3) is 0 Å². The van der Waals surface area contributed by atoms with Crippen LogP contribution in [0.1, 0.15) is 35.8 Å². The maximum Gasteiger partial charge on any atom is 0.0300 e. The molecule has 0 amide bonds. The lowest BCUT2D eigenvalue weighted by atomic mass is 9.76. The van der Waals surface area contributed by atoms with Crippen molar-refractivity contribution in [1.82, 2.24) is 0 Å². The molecule has 0 saturated carbocycles. The predicted molar refractivity (Wildman–Crippen MR) is 64.9 cm³/mol. The SMILES string of the molecule is Cc1cccc2c1[C@H](S)C(C)C(C)C2. The van der Waals surface area contributed by atoms with E-state index in [0.29, 0.717) is 11.2 Å². The summed E-state index contributed by atoms with van der Waals surface area (Å²) in [6.07, 6.45) is 1.22. The first-order chi connectivity index (χ1) is 6.61. The Morgan fingerprint density at radius 2 is 2.00 bits per heavy atom. The third kappa shape index (κ3) is 1.48. The highest BCUT2D eigenvalue weighted by Crippen LogP contribution is 2.42. The largest absolute Gasteiger partial charge is 0.171 e. The zero-order valence-corrected chi connectivity index (χ0v) is 10.0. The van der Waals surface area contributed by atoms with Crippen LogP contribution in [0.4, 0.5) is 0 Å². The summed E-state index contributed by atoms with van der Waals surface area (Å²) in [5.74, 6) is 1.44. The number of benzene rings is 1. The first kappa shape index (κ1) is 10.1. The Kier molecular flexibility index (Phi) is 2.61. The molecule has 3 atom stereocenters. The number of aryl methyl sites for hydroxylation is 1. The van der Waals surface area contributed by atoms with Crippen molar-refractivity contribution < 1.29 is 0 Å². The van der Waals surface area contributed by atoms with E-state index in [1.165, 1.54) is 23.1 Å². The summed E-state index contributed by atoms with van der Waals surface area (Å²) in [4.78, 5) is 0. The second-order valence-corrected chi connectivity index (χ2v) is 5.19. The lowest BCUT2D eigenvalue weighted by Crippen LogP contribution is -2.23. The van der Waals surface area contributed by atoms with E-state index >= 15 is 0 Å². The molecule has 1 aliphatic carbocycles. The first-order valence-corrected chi connectivity index (χ1v) is 5.89. The predicted octanol–water partition coefficient (Wildman–Crippen LogP) is 3.79. The van der Waals surface area contributed by atoms with Gasteiger partial charge in [0.1, 0.15) is 0 Å². The van der Waals surface area contributed by atoms with Crippen LogP contribution in [0, 0.1) is 18.8 Å². The van der Waals surface area contributed by atoms with Crippen molar-refractivity contribution in [2.75, 3.05) is 0 Å². The smallest absolute Gasteiger partial charge is 0.0300 e. The fourth-order valence-corrected chi connectivity index (χ4v) is 3.11. The molecule has 76 valence electrons. The standard InChI is InChI=1S/C13H18S/c1-8-5-4-6-11-7-9(2)10(3)13(14)12(8)11/h4-6,9-10,13-14H,7H2,1-3H3/t9?,10?,13-/m1/s1. The summed E-state index contributed by atoms with van der Waals surface area (Å²) in [6.45, 7) is 6.85. The van der Waals surface area contributed by atoms with Gasteiger partial charge in [0.15, 0.2) is 0 Å². The van der Waals surface area contributed by atoms with Gasteiger partial charge in [-0.25, -0.2) is 0 Å². The van der Waals surface area contributed by atoms with E-state index in [-0.39, 0.29) is 0 Å². The van der Waals surface area contributed by atoms with Gasteiger partial charge in [0.05, 0.1) is 0 Å². The molecule has 0 aromatic heterocycles. The van der Waals surface area contributed by atoms with Crippen molar-refractivity contribution >= 4 is 12.6 Å². The third-order valence-corrected chi connectivity index (χ3v) is 4.38. The molecule has 0 fully saturated rings. The molecule has 1 aromatic carbocycles. The van der Waals surface area contributed by atoms with Crippen LogP contribution in [-0.4, -0.2) is 0 Å². The van der Waals surface area contributed by atoms with Crippen molar-refractivity contribution in [2.45, 2.75) is 32.4 Å². The second kappa shape index (κ2) is 3.62. The van der Waals surface area contributed by atoms with Gasteiger partial charge < -0.3 is 0 Å². The van der Waals surface area contributed by atoms with Crippen LogP contribution in [-0.2, 0) is 6.42 Å². The molecular weight excluding hydrogens is 188 g/mol. The van der Waals surface area contributed by atoms with Gasteiger partial charge >= 0.3 is 0 Å². The zero-order valence-electron chi connectivity index (χ0n) is 9.12. The summed E-state index contributed by atoms with van der Waals surface area (Å²) in [5, 5.41) is 0.426. The van der Waals surface area contributed by atoms with Gasteiger partial charge in [-0.2, -0.15) is 12.6 Å². The summed E-state index contributed by atoms with van der Waals surface area (Å²) in [5.41, 5.74) is 4.40. The van der Waals surface area contributed by atoms with Crippen molar-refractivity contribution in [3.05, 3.63) is 34.9 Å². The minimum absolute atomic E-state index is 0.426. The minimum atomic E-state index is 0.426. The van der Waals surface area contributed by atoms with Crippen LogP contribution in [0.15, 0.2) is 18.2 Å². The van der Waals surface area contributed by atoms with E-state index in [0.717, 1.165) is 5.92 Å². The van der Waals surface area contributed by atoms with Gasteiger partial charge in [0, 0.05) is 5.25 Å². The van der Waals surface area contributed by atoms with Gasteiger partial charge in [0.2, 0.25) is 0 Å². The highest BCUT2D eigenvalue weighted by Gasteiger charge is 2.29. The molecule has 0 heterocycles. The van der Waals surface area contributed by atoms with Gasteiger partial charge in [-0.1, -0.05) is 32.0 Å². The van der Waals surface area contributed by atoms with Gasteiger partial charge in [-0.3, -0.25) is 0 Å². The molecule has 1 aromatic rings. The third-order valence-electron chi connectivity index (χ3n) is 3.65. The average molecular weight is 206 g/mol. The molecule has 0 bridgehead atoms. The summed E-state index contributed by atoms with van der Waals surface area (Å²) < 4.78 is 0. The van der Waals surface area contributed by atoms with E-state index in [9.17, 15) is 0 Å². The molecular formula is C13H18S. The molecule has 0 radical (unpaired) electrons. The monoisotopic (exact) mass is 206 g/mol. The quantitative estimate of drug-likeness (QED) is 0.613. The highest BCUT2D eigenvalue weighted by molar-refractivity contribution is 7.80. The van der Waals surface area contributed by atoms with Crippen LogP contribution in [0.2, 0.25) is 0 Å². The van der Waals surface area contributed by atoms with Crippen LogP contribution >= 0.6 is 12.6 Å². The second-order valence-electron chi connectivity index (χ2n) is 4.63. The fourth-order valence-electron chi connectivity index (χ4n) is 2.45. The van der Waals surface area contributed by atoms with Crippen LogP contribution in [0.5, 0.6) is 0 Å². The summed E-state index contributed by atoms with van der Waals surface area (Å²) >= 11 is 4.76. The van der Waals surface area contributed by atoms with Gasteiger partial charge in [-0.05, 0) is 41.9 Å². The van der Waals surface area contributed by atoms with Gasteiger partial charge in [-0.15, -0.1) is 0 Å². The molecule has 0 aliphatic heterocycles. The maximum atomic E-state index is 4.76. The lowest BCUT2D eigenvalue weighted by Gasteiger charge is -2.34. The van der Waals surface area contributed by atoms with Crippen molar-refractivity contribution in [1.29, 1.82) is 0 Å². The number of hydrogen-bond donors (Lipinski definition) is 1. The molecule has 0 nitrogen and oxygen atoms in total. The Bertz CT molecular complexity index is 343. The van der Waals surface area contributed by atoms with Crippen LogP contribution < -0.4 is 0 Å². The van der Waals surface area contributed by atoms with Crippen molar-refractivity contribution in [2.24, 2.45) is 11.8 Å². The minimum Gasteiger partial charge on any atom is -0.171 e. The molecule has 2 rings (SSSR count). The Morgan fingerprint density at radius 1 is 1.29 bits per heavy atom. The molecule has 0 N–H and O–H groups in total. The normalized spacial score (nSPS) is 31.3. The number of thiol groups is 1. The number of rotatable bonds is 0. The number of fused-ring (bicyclic) bond motifs is 1. The van der Waals surface area contributed by atoms with E-state index < -0.39 is 0 Å². The molecule has 2 unspecified atom stereocenters. The van der Waals surface area contributed by atoms with E-state index in [2.05, 4.69) is 39.0 Å². The Morgan fingerprint density at radius 3 is 2.71 bits per heavy atom. The van der Waals surface area contributed by atoms with Crippen molar-refractivity contribution in [3.8, 4) is 0 Å². The van der Waals surface area contributed by atoms with Crippen LogP contribution in [0.3, 0.4) is 0 Å². The van der Waals surface area contributed by atoms with Gasteiger partial charge in [0.25, 0.3) is 0 Å². The topological polar surface area (TPSA) is 0 Å². The molecule has 0 spiro atoms. The lowest BCUT2D eigenvalue weighted by molar-refractivity contribution is 0.355. The van der Waals surface area contributed by atoms with Crippen molar-refractivity contribution in [3.63, 3.8) is 0 Å². The Balaban J connectivity index is 2.51. The Labute approximate surface area is 92.1 Å². The zero-order chi connectivity index (χ0) is 10.3. The van der Waals surface area contributed by atoms with E-state index in [4.69, 9.17) is 12.6 Å². The maximum absolute atomic E-state index is 4.76. The van der Waals surface area contributed by atoms with E-state index in [1.54, 1.807) is 0 Å².